The number of hydrogen-bond donors (Lipinski definition) is 1. The second-order valence-corrected chi connectivity index (χ2v) is 9.00. The molecular weight excluding hydrogens is 452 g/mol. The molecular formula is C26H28N2O5S. The van der Waals surface area contributed by atoms with Crippen LogP contribution in [0, 0.1) is 0 Å². The highest BCUT2D eigenvalue weighted by atomic mass is 32.1. The van der Waals surface area contributed by atoms with Crippen LogP contribution >= 0.6 is 11.3 Å². The number of thiophene rings is 1. The van der Waals surface area contributed by atoms with Gasteiger partial charge in [0.15, 0.2) is 11.5 Å². The van der Waals surface area contributed by atoms with Gasteiger partial charge in [-0.15, -0.1) is 11.3 Å². The van der Waals surface area contributed by atoms with Crippen LogP contribution in [0.5, 0.6) is 11.5 Å². The summed E-state index contributed by atoms with van der Waals surface area (Å²) in [7, 11) is 3.06. The average Bonchev–Trinajstić information content (AvgIpc) is 3.21. The van der Waals surface area contributed by atoms with Crippen LogP contribution in [0.1, 0.15) is 43.6 Å². The first-order valence-electron chi connectivity index (χ1n) is 11.1. The Labute approximate surface area is 203 Å². The summed E-state index contributed by atoms with van der Waals surface area (Å²) >= 11 is 1.44. The largest absolute Gasteiger partial charge is 0.493 e. The maximum Gasteiger partial charge on any atom is 0.341 e. The van der Waals surface area contributed by atoms with Gasteiger partial charge in [-0.25, -0.2) is 4.79 Å². The van der Waals surface area contributed by atoms with Crippen molar-refractivity contribution in [2.45, 2.75) is 26.4 Å². The van der Waals surface area contributed by atoms with Gasteiger partial charge in [-0.1, -0.05) is 30.3 Å². The van der Waals surface area contributed by atoms with E-state index in [0.29, 0.717) is 34.2 Å². The van der Waals surface area contributed by atoms with Crippen molar-refractivity contribution < 1.29 is 23.8 Å². The van der Waals surface area contributed by atoms with Gasteiger partial charge in [-0.05, 0) is 42.7 Å². The van der Waals surface area contributed by atoms with Crippen LogP contribution < -0.4 is 14.8 Å². The predicted molar refractivity (Wildman–Crippen MR) is 132 cm³/mol. The number of ether oxygens (including phenoxy) is 3. The smallest absolute Gasteiger partial charge is 0.341 e. The van der Waals surface area contributed by atoms with Crippen LogP contribution in [-0.4, -0.2) is 44.1 Å². The molecule has 0 saturated carbocycles. The number of nitrogens with one attached hydrogen (secondary N) is 1. The second-order valence-electron chi connectivity index (χ2n) is 7.90. The molecule has 178 valence electrons. The SMILES string of the molecule is CCOC(=O)c1c(NC(=O)c2ccc(OC)c(OC)c2)sc2c1CCN(Cc1ccccc1)C2. The molecule has 0 unspecified atom stereocenters. The number of methoxy groups -OCH3 is 2. The monoisotopic (exact) mass is 480 g/mol. The van der Waals surface area contributed by atoms with Crippen LogP contribution in [0.25, 0.3) is 0 Å². The van der Waals surface area contributed by atoms with Crippen LogP contribution in [0.15, 0.2) is 48.5 Å². The molecule has 1 amide bonds. The fraction of sp³-hybridized carbons (Fsp3) is 0.308. The highest BCUT2D eigenvalue weighted by Gasteiger charge is 2.30. The minimum atomic E-state index is -0.404. The zero-order valence-electron chi connectivity index (χ0n) is 19.6. The number of benzene rings is 2. The van der Waals surface area contributed by atoms with Crippen LogP contribution in [-0.2, 0) is 24.2 Å². The van der Waals surface area contributed by atoms with Crippen molar-refractivity contribution >= 4 is 28.2 Å². The van der Waals surface area contributed by atoms with E-state index in [9.17, 15) is 9.59 Å². The van der Waals surface area contributed by atoms with Crippen molar-refractivity contribution in [1.82, 2.24) is 4.90 Å². The van der Waals surface area contributed by atoms with Crippen molar-refractivity contribution in [2.24, 2.45) is 0 Å². The van der Waals surface area contributed by atoms with E-state index in [-0.39, 0.29) is 12.5 Å². The van der Waals surface area contributed by atoms with E-state index in [4.69, 9.17) is 14.2 Å². The summed E-state index contributed by atoms with van der Waals surface area (Å²) in [5.41, 5.74) is 3.09. The highest BCUT2D eigenvalue weighted by molar-refractivity contribution is 7.17. The molecule has 7 nitrogen and oxygen atoms in total. The number of esters is 1. The van der Waals surface area contributed by atoms with Gasteiger partial charge in [-0.2, -0.15) is 0 Å². The van der Waals surface area contributed by atoms with Crippen LogP contribution in [0.2, 0.25) is 0 Å². The molecule has 1 aliphatic heterocycles. The molecule has 0 saturated heterocycles. The van der Waals surface area contributed by atoms with E-state index >= 15 is 0 Å². The minimum absolute atomic E-state index is 0.270. The second kappa shape index (κ2) is 10.7. The lowest BCUT2D eigenvalue weighted by molar-refractivity contribution is 0.0526. The Morgan fingerprint density at radius 2 is 1.82 bits per heavy atom. The lowest BCUT2D eigenvalue weighted by Crippen LogP contribution is -2.29. The zero-order chi connectivity index (χ0) is 24.1. The Hall–Kier alpha value is -3.36. The Balaban J connectivity index is 1.60. The number of carbonyl (C=O) groups is 2. The van der Waals surface area contributed by atoms with Crippen molar-refractivity contribution in [3.8, 4) is 11.5 Å². The molecule has 1 N–H and O–H groups in total. The number of hydrogen-bond acceptors (Lipinski definition) is 7. The molecule has 3 aromatic rings. The van der Waals surface area contributed by atoms with Gasteiger partial charge in [0.2, 0.25) is 0 Å². The first-order valence-corrected chi connectivity index (χ1v) is 12.0. The average molecular weight is 481 g/mol. The molecule has 0 radical (unpaired) electrons. The maximum absolute atomic E-state index is 13.1. The topological polar surface area (TPSA) is 77.1 Å². The predicted octanol–water partition coefficient (Wildman–Crippen LogP) is 4.75. The Bertz CT molecular complexity index is 1180. The first kappa shape index (κ1) is 23.8. The lowest BCUT2D eigenvalue weighted by atomic mass is 10.0. The summed E-state index contributed by atoms with van der Waals surface area (Å²) < 4.78 is 15.9. The van der Waals surface area contributed by atoms with Gasteiger partial charge in [0.05, 0.1) is 26.4 Å². The Morgan fingerprint density at radius 3 is 2.53 bits per heavy atom. The van der Waals surface area contributed by atoms with Crippen molar-refractivity contribution in [2.75, 3.05) is 32.7 Å². The minimum Gasteiger partial charge on any atom is -0.493 e. The van der Waals surface area contributed by atoms with E-state index in [1.54, 1.807) is 32.2 Å². The number of fused-ring (bicyclic) bond motifs is 1. The molecule has 0 spiro atoms. The van der Waals surface area contributed by atoms with Gasteiger partial charge in [0, 0.05) is 30.1 Å². The molecule has 8 heteroatoms. The highest BCUT2D eigenvalue weighted by Crippen LogP contribution is 2.38. The fourth-order valence-corrected chi connectivity index (χ4v) is 5.37. The fourth-order valence-electron chi connectivity index (χ4n) is 4.09. The van der Waals surface area contributed by atoms with E-state index < -0.39 is 5.97 Å². The van der Waals surface area contributed by atoms with Gasteiger partial charge in [-0.3, -0.25) is 9.69 Å². The summed E-state index contributed by atoms with van der Waals surface area (Å²) in [6.07, 6.45) is 0.721. The summed E-state index contributed by atoms with van der Waals surface area (Å²) in [6.45, 7) is 4.43. The van der Waals surface area contributed by atoms with Crippen molar-refractivity contribution in [3.05, 3.63) is 75.7 Å². The van der Waals surface area contributed by atoms with E-state index in [0.717, 1.165) is 30.0 Å². The molecule has 1 aromatic heterocycles. The third-order valence-electron chi connectivity index (χ3n) is 5.74. The van der Waals surface area contributed by atoms with Crippen molar-refractivity contribution in [1.29, 1.82) is 0 Å². The number of rotatable bonds is 8. The number of anilines is 1. The number of nitrogens with zero attached hydrogens (tertiary/aromatic N) is 1. The summed E-state index contributed by atoms with van der Waals surface area (Å²) in [5, 5.41) is 3.46. The van der Waals surface area contributed by atoms with Gasteiger partial charge >= 0.3 is 5.97 Å². The number of amides is 1. The molecule has 0 aliphatic carbocycles. The van der Waals surface area contributed by atoms with E-state index in [2.05, 4.69) is 22.3 Å². The van der Waals surface area contributed by atoms with Gasteiger partial charge < -0.3 is 19.5 Å². The zero-order valence-corrected chi connectivity index (χ0v) is 20.4. The third-order valence-corrected chi connectivity index (χ3v) is 6.87. The van der Waals surface area contributed by atoms with Crippen LogP contribution in [0.4, 0.5) is 5.00 Å². The molecule has 0 bridgehead atoms. The molecule has 0 fully saturated rings. The normalized spacial score (nSPS) is 13.1. The van der Waals surface area contributed by atoms with Crippen LogP contribution in [0.3, 0.4) is 0 Å². The summed E-state index contributed by atoms with van der Waals surface area (Å²) in [6, 6.07) is 15.3. The Kier molecular flexibility index (Phi) is 7.49. The van der Waals surface area contributed by atoms with Gasteiger partial charge in [0.25, 0.3) is 5.91 Å². The lowest BCUT2D eigenvalue weighted by Gasteiger charge is -2.27. The summed E-state index contributed by atoms with van der Waals surface area (Å²) in [4.78, 5) is 29.4. The molecule has 1 aliphatic rings. The quantitative estimate of drug-likeness (QED) is 0.469. The number of carbonyl (C=O) groups excluding carboxylic acids is 2. The van der Waals surface area contributed by atoms with E-state index in [1.165, 1.54) is 24.0 Å². The molecule has 2 aromatic carbocycles. The van der Waals surface area contributed by atoms with E-state index in [1.807, 2.05) is 18.2 Å². The molecule has 4 rings (SSSR count). The summed E-state index contributed by atoms with van der Waals surface area (Å²) in [5.74, 6) is 0.268. The molecule has 2 heterocycles. The third kappa shape index (κ3) is 5.08. The molecule has 34 heavy (non-hydrogen) atoms. The standard InChI is InChI=1S/C26H28N2O5S/c1-4-33-26(30)23-19-12-13-28(15-17-8-6-5-7-9-17)16-22(19)34-25(23)27-24(29)18-10-11-20(31-2)21(14-18)32-3/h5-11,14H,4,12-13,15-16H2,1-3H3,(H,27,29). The molecule has 0 atom stereocenters. The van der Waals surface area contributed by atoms with Crippen molar-refractivity contribution in [3.63, 3.8) is 0 Å². The Morgan fingerprint density at radius 1 is 1.06 bits per heavy atom. The first-order chi connectivity index (χ1) is 16.5. The van der Waals surface area contributed by atoms with Gasteiger partial charge in [0.1, 0.15) is 5.00 Å². The maximum atomic E-state index is 13.1.